The summed E-state index contributed by atoms with van der Waals surface area (Å²) in [4.78, 5) is 0. The lowest BCUT2D eigenvalue weighted by atomic mass is 10.1. The fourth-order valence-corrected chi connectivity index (χ4v) is 1.16. The molecule has 0 aromatic heterocycles. The Bertz CT molecular complexity index is 360. The molecule has 0 fully saturated rings. The van der Waals surface area contributed by atoms with Crippen LogP contribution in [0.4, 0.5) is 0 Å². The van der Waals surface area contributed by atoms with Crippen LogP contribution in [0.25, 0.3) is 0 Å². The second-order valence-corrected chi connectivity index (χ2v) is 2.79. The summed E-state index contributed by atoms with van der Waals surface area (Å²) in [7, 11) is 1.46. The van der Waals surface area contributed by atoms with Crippen LogP contribution in [0.15, 0.2) is 40.6 Å². The molecule has 5 heteroatoms. The van der Waals surface area contributed by atoms with Gasteiger partial charge in [0.05, 0.1) is 6.61 Å². The monoisotopic (exact) mass is 208 g/mol. The Balaban J connectivity index is 3.00. The lowest BCUT2D eigenvalue weighted by molar-refractivity contribution is 0.238. The summed E-state index contributed by atoms with van der Waals surface area (Å²) in [6, 6.07) is 8.92. The van der Waals surface area contributed by atoms with Crippen LogP contribution in [0, 0.1) is 0 Å². The first-order valence-electron chi connectivity index (χ1n) is 4.31. The van der Waals surface area contributed by atoms with E-state index in [0.717, 1.165) is 0 Å². The van der Waals surface area contributed by atoms with Crippen molar-refractivity contribution in [3.63, 3.8) is 0 Å². The van der Waals surface area contributed by atoms with Crippen molar-refractivity contribution in [2.75, 3.05) is 13.7 Å². The van der Waals surface area contributed by atoms with Gasteiger partial charge in [-0.3, -0.25) is 0 Å². The molecule has 0 radical (unpaired) electrons. The maximum atomic E-state index is 8.85. The van der Waals surface area contributed by atoms with Gasteiger partial charge in [0, 0.05) is 12.7 Å². The molecular formula is C10H12N2O3. The standard InChI is InChI=1S/C10H12N2O3/c1-15-7-9(11-13)10(12-14)8-5-3-2-4-6-8/h2-6,13-14H,7H2,1H3. The van der Waals surface area contributed by atoms with Gasteiger partial charge >= 0.3 is 0 Å². The summed E-state index contributed by atoms with van der Waals surface area (Å²) in [5.41, 5.74) is 1.02. The van der Waals surface area contributed by atoms with E-state index in [1.165, 1.54) is 7.11 Å². The van der Waals surface area contributed by atoms with Crippen molar-refractivity contribution in [1.82, 2.24) is 0 Å². The molecule has 0 saturated carbocycles. The van der Waals surface area contributed by atoms with Crippen LogP contribution in [-0.4, -0.2) is 35.6 Å². The highest BCUT2D eigenvalue weighted by atomic mass is 16.5. The quantitative estimate of drug-likeness (QED) is 0.445. The van der Waals surface area contributed by atoms with Gasteiger partial charge in [0.25, 0.3) is 0 Å². The zero-order valence-electron chi connectivity index (χ0n) is 8.29. The van der Waals surface area contributed by atoms with Crippen molar-refractivity contribution in [1.29, 1.82) is 0 Å². The molecule has 0 amide bonds. The number of methoxy groups -OCH3 is 1. The number of benzene rings is 1. The lowest BCUT2D eigenvalue weighted by Gasteiger charge is -2.05. The van der Waals surface area contributed by atoms with Crippen LogP contribution in [0.2, 0.25) is 0 Å². The summed E-state index contributed by atoms with van der Waals surface area (Å²) in [5.74, 6) is 0. The van der Waals surface area contributed by atoms with E-state index < -0.39 is 0 Å². The van der Waals surface area contributed by atoms with Crippen molar-refractivity contribution >= 4 is 11.4 Å². The molecule has 0 aliphatic carbocycles. The zero-order valence-corrected chi connectivity index (χ0v) is 8.29. The number of rotatable bonds is 4. The molecule has 1 rings (SSSR count). The van der Waals surface area contributed by atoms with Crippen LogP contribution in [0.1, 0.15) is 5.56 Å². The molecule has 0 unspecified atom stereocenters. The molecule has 0 heterocycles. The third-order valence-corrected chi connectivity index (χ3v) is 1.82. The number of nitrogens with zero attached hydrogens (tertiary/aromatic N) is 2. The molecule has 5 nitrogen and oxygen atoms in total. The summed E-state index contributed by atoms with van der Waals surface area (Å²) in [6.45, 7) is 0.0742. The second-order valence-electron chi connectivity index (χ2n) is 2.79. The number of ether oxygens (including phenoxy) is 1. The summed E-state index contributed by atoms with van der Waals surface area (Å²) >= 11 is 0. The topological polar surface area (TPSA) is 74.4 Å². The van der Waals surface area contributed by atoms with E-state index in [-0.39, 0.29) is 18.0 Å². The van der Waals surface area contributed by atoms with Crippen molar-refractivity contribution in [3.8, 4) is 0 Å². The van der Waals surface area contributed by atoms with E-state index in [4.69, 9.17) is 15.2 Å². The van der Waals surface area contributed by atoms with Gasteiger partial charge in [0.15, 0.2) is 0 Å². The maximum absolute atomic E-state index is 8.85. The predicted octanol–water partition coefficient (Wildman–Crippen LogP) is 1.34. The van der Waals surface area contributed by atoms with E-state index in [1.807, 2.05) is 6.07 Å². The minimum Gasteiger partial charge on any atom is -0.411 e. The van der Waals surface area contributed by atoms with Crippen molar-refractivity contribution in [2.45, 2.75) is 0 Å². The number of hydrogen-bond donors (Lipinski definition) is 2. The summed E-state index contributed by atoms with van der Waals surface area (Å²) in [6.07, 6.45) is 0. The highest BCUT2D eigenvalue weighted by Crippen LogP contribution is 2.03. The molecule has 0 aliphatic rings. The van der Waals surface area contributed by atoms with Gasteiger partial charge in [-0.25, -0.2) is 0 Å². The largest absolute Gasteiger partial charge is 0.411 e. The first kappa shape index (κ1) is 11.2. The Labute approximate surface area is 87.3 Å². The Morgan fingerprint density at radius 2 is 1.87 bits per heavy atom. The minimum absolute atomic E-state index is 0.0742. The molecular weight excluding hydrogens is 196 g/mol. The van der Waals surface area contributed by atoms with Gasteiger partial charge in [0.1, 0.15) is 11.4 Å². The van der Waals surface area contributed by atoms with E-state index in [2.05, 4.69) is 10.3 Å². The average Bonchev–Trinajstić information content (AvgIpc) is 2.30. The molecule has 2 N–H and O–H groups in total. The molecule has 0 aliphatic heterocycles. The third-order valence-electron chi connectivity index (χ3n) is 1.82. The van der Waals surface area contributed by atoms with Crippen molar-refractivity contribution < 1.29 is 15.2 Å². The van der Waals surface area contributed by atoms with E-state index in [0.29, 0.717) is 5.56 Å². The highest BCUT2D eigenvalue weighted by Gasteiger charge is 2.12. The van der Waals surface area contributed by atoms with E-state index in [1.54, 1.807) is 24.3 Å². The molecule has 80 valence electrons. The molecule has 1 aromatic rings. The Morgan fingerprint density at radius 3 is 2.33 bits per heavy atom. The summed E-state index contributed by atoms with van der Waals surface area (Å²) in [5, 5.41) is 23.7. The number of oxime groups is 2. The molecule has 1 aromatic carbocycles. The molecule has 0 spiro atoms. The normalized spacial score (nSPS) is 12.9. The Hall–Kier alpha value is -1.88. The predicted molar refractivity (Wildman–Crippen MR) is 55.9 cm³/mol. The van der Waals surface area contributed by atoms with E-state index in [9.17, 15) is 0 Å². The maximum Gasteiger partial charge on any atom is 0.137 e. The fraction of sp³-hybridized carbons (Fsp3) is 0.200. The van der Waals surface area contributed by atoms with Gasteiger partial charge in [-0.1, -0.05) is 40.6 Å². The van der Waals surface area contributed by atoms with Crippen LogP contribution in [0.3, 0.4) is 0 Å². The lowest BCUT2D eigenvalue weighted by Crippen LogP contribution is -2.20. The highest BCUT2D eigenvalue weighted by molar-refractivity contribution is 6.48. The van der Waals surface area contributed by atoms with Crippen LogP contribution >= 0.6 is 0 Å². The Kier molecular flexibility index (Phi) is 4.30. The SMILES string of the molecule is COCC(=NO)C(=NO)c1ccccc1. The van der Waals surface area contributed by atoms with Gasteiger partial charge in [-0.15, -0.1) is 0 Å². The number of hydrogen-bond acceptors (Lipinski definition) is 5. The van der Waals surface area contributed by atoms with Crippen LogP contribution < -0.4 is 0 Å². The van der Waals surface area contributed by atoms with Gasteiger partial charge in [-0.05, 0) is 0 Å². The van der Waals surface area contributed by atoms with Crippen LogP contribution in [-0.2, 0) is 4.74 Å². The Morgan fingerprint density at radius 1 is 1.20 bits per heavy atom. The smallest absolute Gasteiger partial charge is 0.137 e. The second kappa shape index (κ2) is 5.77. The van der Waals surface area contributed by atoms with Crippen molar-refractivity contribution in [2.24, 2.45) is 10.3 Å². The van der Waals surface area contributed by atoms with Gasteiger partial charge in [-0.2, -0.15) is 0 Å². The molecule has 0 bridgehead atoms. The third kappa shape index (κ3) is 2.78. The molecule has 0 atom stereocenters. The molecule has 0 saturated heterocycles. The first-order valence-corrected chi connectivity index (χ1v) is 4.31. The average molecular weight is 208 g/mol. The summed E-state index contributed by atoms with van der Waals surface area (Å²) < 4.78 is 4.82. The first-order chi connectivity index (χ1) is 7.33. The van der Waals surface area contributed by atoms with Gasteiger partial charge < -0.3 is 15.2 Å². The fourth-order valence-electron chi connectivity index (χ4n) is 1.16. The van der Waals surface area contributed by atoms with Crippen molar-refractivity contribution in [3.05, 3.63) is 35.9 Å². The zero-order chi connectivity index (χ0) is 11.1. The van der Waals surface area contributed by atoms with Crippen LogP contribution in [0.5, 0.6) is 0 Å². The van der Waals surface area contributed by atoms with E-state index >= 15 is 0 Å². The van der Waals surface area contributed by atoms with Gasteiger partial charge in [0.2, 0.25) is 0 Å². The minimum atomic E-state index is 0.0742. The molecule has 15 heavy (non-hydrogen) atoms.